The first-order valence-corrected chi connectivity index (χ1v) is 6.02. The van der Waals surface area contributed by atoms with Crippen LogP contribution < -0.4 is 15.8 Å². The number of nitrogens with two attached hydrogens (primary N) is 1. The van der Waals surface area contributed by atoms with E-state index in [0.29, 0.717) is 17.1 Å². The molecule has 3 N–H and O–H groups in total. The quantitative estimate of drug-likeness (QED) is 0.846. The fourth-order valence-corrected chi connectivity index (χ4v) is 1.82. The summed E-state index contributed by atoms with van der Waals surface area (Å²) < 4.78 is 18.6. The summed E-state index contributed by atoms with van der Waals surface area (Å²) in [5.74, 6) is -0.560. The van der Waals surface area contributed by atoms with E-state index in [9.17, 15) is 9.18 Å². The summed E-state index contributed by atoms with van der Waals surface area (Å²) in [7, 11) is 1.51. The van der Waals surface area contributed by atoms with Crippen molar-refractivity contribution in [2.24, 2.45) is 0 Å². The summed E-state index contributed by atoms with van der Waals surface area (Å²) in [5, 5.41) is 2.60. The second-order valence-corrected chi connectivity index (χ2v) is 4.39. The molecule has 0 aromatic heterocycles. The Hall–Kier alpha value is -2.56. The number of nitrogens with one attached hydrogen (secondary N) is 1. The summed E-state index contributed by atoms with van der Waals surface area (Å²) in [6.07, 6.45) is 0. The number of ether oxygens (including phenoxy) is 1. The second kappa shape index (κ2) is 5.61. The first-order chi connectivity index (χ1) is 9.51. The molecule has 0 saturated heterocycles. The van der Waals surface area contributed by atoms with E-state index in [1.54, 1.807) is 31.2 Å². The van der Waals surface area contributed by atoms with E-state index >= 15 is 0 Å². The monoisotopic (exact) mass is 274 g/mol. The van der Waals surface area contributed by atoms with Crippen molar-refractivity contribution in [2.45, 2.75) is 6.92 Å². The van der Waals surface area contributed by atoms with Crippen molar-refractivity contribution in [3.05, 3.63) is 53.3 Å². The zero-order valence-electron chi connectivity index (χ0n) is 11.2. The molecule has 0 aliphatic heterocycles. The molecule has 2 rings (SSSR count). The predicted octanol–water partition coefficient (Wildman–Crippen LogP) is 2.98. The van der Waals surface area contributed by atoms with Crippen molar-refractivity contribution in [3.8, 4) is 5.75 Å². The molecule has 0 aliphatic rings. The lowest BCUT2D eigenvalue weighted by Crippen LogP contribution is -2.14. The number of hydrogen-bond acceptors (Lipinski definition) is 3. The van der Waals surface area contributed by atoms with Gasteiger partial charge in [0.15, 0.2) is 0 Å². The van der Waals surface area contributed by atoms with Crippen LogP contribution in [0.5, 0.6) is 5.75 Å². The number of carbonyl (C=O) groups excluding carboxylic acids is 1. The van der Waals surface area contributed by atoms with Gasteiger partial charge in [-0.1, -0.05) is 11.6 Å². The molecule has 0 radical (unpaired) electrons. The first-order valence-electron chi connectivity index (χ1n) is 6.02. The summed E-state index contributed by atoms with van der Waals surface area (Å²) in [5.41, 5.74) is 7.44. The van der Waals surface area contributed by atoms with Gasteiger partial charge in [0.2, 0.25) is 0 Å². The first kappa shape index (κ1) is 13.9. The van der Waals surface area contributed by atoms with Crippen LogP contribution in [0, 0.1) is 12.7 Å². The molecule has 0 heterocycles. The Morgan fingerprint density at radius 1 is 1.25 bits per heavy atom. The summed E-state index contributed by atoms with van der Waals surface area (Å²) >= 11 is 0. The van der Waals surface area contributed by atoms with Gasteiger partial charge in [-0.3, -0.25) is 4.79 Å². The third-order valence-electron chi connectivity index (χ3n) is 2.85. The zero-order valence-corrected chi connectivity index (χ0v) is 11.2. The molecular formula is C15H15FN2O2. The molecule has 0 bridgehead atoms. The molecule has 0 unspecified atom stereocenters. The SMILES string of the molecule is COc1ccc(NC(=O)c2cc(C)ccc2F)cc1N. The zero-order chi connectivity index (χ0) is 14.7. The van der Waals surface area contributed by atoms with Gasteiger partial charge in [-0.05, 0) is 37.3 Å². The number of amides is 1. The van der Waals surface area contributed by atoms with Crippen molar-refractivity contribution in [1.82, 2.24) is 0 Å². The average Bonchev–Trinajstić information content (AvgIpc) is 2.41. The highest BCUT2D eigenvalue weighted by Gasteiger charge is 2.12. The van der Waals surface area contributed by atoms with Crippen molar-refractivity contribution in [1.29, 1.82) is 0 Å². The minimum atomic E-state index is -0.561. The topological polar surface area (TPSA) is 64.3 Å². The van der Waals surface area contributed by atoms with Gasteiger partial charge in [-0.2, -0.15) is 0 Å². The van der Waals surface area contributed by atoms with Crippen molar-refractivity contribution in [3.63, 3.8) is 0 Å². The van der Waals surface area contributed by atoms with Gasteiger partial charge in [0.05, 0.1) is 18.4 Å². The van der Waals surface area contributed by atoms with Crippen LogP contribution in [0.25, 0.3) is 0 Å². The minimum Gasteiger partial charge on any atom is -0.495 e. The van der Waals surface area contributed by atoms with Crippen LogP contribution in [0.4, 0.5) is 15.8 Å². The van der Waals surface area contributed by atoms with E-state index in [2.05, 4.69) is 5.32 Å². The highest BCUT2D eigenvalue weighted by molar-refractivity contribution is 6.04. The largest absolute Gasteiger partial charge is 0.495 e. The summed E-state index contributed by atoms with van der Waals surface area (Å²) in [6, 6.07) is 9.21. The number of rotatable bonds is 3. The number of carbonyl (C=O) groups is 1. The summed E-state index contributed by atoms with van der Waals surface area (Å²) in [6.45, 7) is 1.79. The van der Waals surface area contributed by atoms with E-state index in [1.807, 2.05) is 0 Å². The van der Waals surface area contributed by atoms with E-state index in [4.69, 9.17) is 10.5 Å². The number of halogens is 1. The molecule has 4 nitrogen and oxygen atoms in total. The normalized spacial score (nSPS) is 10.2. The molecule has 2 aromatic carbocycles. The second-order valence-electron chi connectivity index (χ2n) is 4.39. The number of nitrogen functional groups attached to an aromatic ring is 1. The molecule has 5 heteroatoms. The number of methoxy groups -OCH3 is 1. The molecule has 1 amide bonds. The Morgan fingerprint density at radius 2 is 2.00 bits per heavy atom. The maximum atomic E-state index is 13.6. The number of aryl methyl sites for hydroxylation is 1. The Balaban J connectivity index is 2.23. The molecule has 2 aromatic rings. The molecule has 0 aliphatic carbocycles. The number of benzene rings is 2. The molecule has 0 saturated carbocycles. The lowest BCUT2D eigenvalue weighted by Gasteiger charge is -2.09. The van der Waals surface area contributed by atoms with Gasteiger partial charge in [-0.25, -0.2) is 4.39 Å². The highest BCUT2D eigenvalue weighted by Crippen LogP contribution is 2.25. The molecule has 0 fully saturated rings. The summed E-state index contributed by atoms with van der Waals surface area (Å²) in [4.78, 5) is 12.0. The molecule has 0 atom stereocenters. The van der Waals surface area contributed by atoms with E-state index in [1.165, 1.54) is 19.2 Å². The van der Waals surface area contributed by atoms with Crippen LogP contribution in [0.3, 0.4) is 0 Å². The third kappa shape index (κ3) is 2.88. The fraction of sp³-hybridized carbons (Fsp3) is 0.133. The van der Waals surface area contributed by atoms with E-state index in [-0.39, 0.29) is 5.56 Å². The van der Waals surface area contributed by atoms with Crippen LogP contribution in [-0.2, 0) is 0 Å². The Bertz CT molecular complexity index is 656. The lowest BCUT2D eigenvalue weighted by molar-refractivity contribution is 0.102. The highest BCUT2D eigenvalue weighted by atomic mass is 19.1. The van der Waals surface area contributed by atoms with Crippen molar-refractivity contribution < 1.29 is 13.9 Å². The van der Waals surface area contributed by atoms with Gasteiger partial charge in [0, 0.05) is 5.69 Å². The van der Waals surface area contributed by atoms with Gasteiger partial charge in [-0.15, -0.1) is 0 Å². The molecular weight excluding hydrogens is 259 g/mol. The molecule has 20 heavy (non-hydrogen) atoms. The van der Waals surface area contributed by atoms with E-state index < -0.39 is 11.7 Å². The fourth-order valence-electron chi connectivity index (χ4n) is 1.82. The van der Waals surface area contributed by atoms with Gasteiger partial charge < -0.3 is 15.8 Å². The smallest absolute Gasteiger partial charge is 0.258 e. The van der Waals surface area contributed by atoms with Crippen LogP contribution >= 0.6 is 0 Å². The Morgan fingerprint density at radius 3 is 2.65 bits per heavy atom. The van der Waals surface area contributed by atoms with Gasteiger partial charge in [0.25, 0.3) is 5.91 Å². The van der Waals surface area contributed by atoms with Crippen LogP contribution in [0.2, 0.25) is 0 Å². The van der Waals surface area contributed by atoms with Gasteiger partial charge in [0.1, 0.15) is 11.6 Å². The minimum absolute atomic E-state index is 0.000565. The van der Waals surface area contributed by atoms with Gasteiger partial charge >= 0.3 is 0 Å². The van der Waals surface area contributed by atoms with Crippen LogP contribution in [0.15, 0.2) is 36.4 Å². The van der Waals surface area contributed by atoms with Crippen molar-refractivity contribution in [2.75, 3.05) is 18.2 Å². The lowest BCUT2D eigenvalue weighted by atomic mass is 10.1. The van der Waals surface area contributed by atoms with Crippen molar-refractivity contribution >= 4 is 17.3 Å². The Labute approximate surface area is 116 Å². The molecule has 0 spiro atoms. The van der Waals surface area contributed by atoms with E-state index in [0.717, 1.165) is 5.56 Å². The standard InChI is InChI=1S/C15H15FN2O2/c1-9-3-5-12(16)11(7-9)15(19)18-10-4-6-14(20-2)13(17)8-10/h3-8H,17H2,1-2H3,(H,18,19). The average molecular weight is 274 g/mol. The molecule has 104 valence electrons. The predicted molar refractivity (Wildman–Crippen MR) is 76.5 cm³/mol. The van der Waals surface area contributed by atoms with Crippen LogP contribution in [0.1, 0.15) is 15.9 Å². The number of anilines is 2. The van der Waals surface area contributed by atoms with Crippen LogP contribution in [-0.4, -0.2) is 13.0 Å². The maximum absolute atomic E-state index is 13.6. The Kier molecular flexibility index (Phi) is 3.89. The number of hydrogen-bond donors (Lipinski definition) is 2. The third-order valence-corrected chi connectivity index (χ3v) is 2.85. The maximum Gasteiger partial charge on any atom is 0.258 e.